The molecule has 0 amide bonds. The number of aromatic nitrogens is 3. The summed E-state index contributed by atoms with van der Waals surface area (Å²) in [4.78, 5) is 24.0. The van der Waals surface area contributed by atoms with Gasteiger partial charge in [0, 0.05) is 25.0 Å². The summed E-state index contributed by atoms with van der Waals surface area (Å²) in [5.41, 5.74) is 1.26. The molecule has 0 spiro atoms. The van der Waals surface area contributed by atoms with E-state index in [1.165, 1.54) is 13.3 Å². The van der Waals surface area contributed by atoms with Crippen LogP contribution in [0.2, 0.25) is 0 Å². The first-order valence-electron chi connectivity index (χ1n) is 6.87. The number of pyridine rings is 1. The summed E-state index contributed by atoms with van der Waals surface area (Å²) >= 11 is 0. The molecule has 2 heterocycles. The average molecular weight is 302 g/mol. The van der Waals surface area contributed by atoms with Crippen molar-refractivity contribution in [3.05, 3.63) is 41.5 Å². The second kappa shape index (κ2) is 7.35. The molecule has 2 aromatic rings. The zero-order chi connectivity index (χ0) is 15.9. The highest BCUT2D eigenvalue weighted by molar-refractivity contribution is 5.89. The molecule has 0 radical (unpaired) electrons. The Balaban J connectivity index is 2.08. The van der Waals surface area contributed by atoms with Crippen molar-refractivity contribution in [1.29, 1.82) is 0 Å². The lowest BCUT2D eigenvalue weighted by Crippen LogP contribution is -2.07. The predicted octanol–water partition coefficient (Wildman–Crippen LogP) is 1.98. The molecule has 116 valence electrons. The molecule has 22 heavy (non-hydrogen) atoms. The fourth-order valence-corrected chi connectivity index (χ4v) is 1.86. The predicted molar refractivity (Wildman–Crippen MR) is 80.8 cm³/mol. The number of anilines is 1. The highest BCUT2D eigenvalue weighted by Crippen LogP contribution is 2.14. The Hall–Kier alpha value is -2.70. The Kier molecular flexibility index (Phi) is 5.24. The van der Waals surface area contributed by atoms with Crippen molar-refractivity contribution in [2.75, 3.05) is 19.0 Å². The monoisotopic (exact) mass is 302 g/mol. The second-order valence-electron chi connectivity index (χ2n) is 4.50. The minimum atomic E-state index is -0.411. The average Bonchev–Trinajstić information content (AvgIpc) is 2.52. The lowest BCUT2D eigenvalue weighted by atomic mass is 10.2. The molecule has 0 saturated heterocycles. The Labute approximate surface area is 128 Å². The van der Waals surface area contributed by atoms with Crippen LogP contribution in [0.15, 0.2) is 24.5 Å². The first-order chi connectivity index (χ1) is 10.6. The molecular weight excluding hydrogens is 284 g/mol. The van der Waals surface area contributed by atoms with Gasteiger partial charge in [0.05, 0.1) is 19.3 Å². The number of esters is 1. The molecule has 2 rings (SSSR count). The van der Waals surface area contributed by atoms with Gasteiger partial charge in [-0.3, -0.25) is 4.98 Å². The standard InChI is InChI=1S/C15H18N4O3/c1-4-22-14-6-13(18-10(2)19-14)17-8-11-5-12(9-16-7-11)15(20)21-3/h5-7,9H,4,8H2,1-3H3,(H,17,18,19). The maximum absolute atomic E-state index is 11.5. The summed E-state index contributed by atoms with van der Waals surface area (Å²) in [7, 11) is 1.34. The number of hydrogen-bond acceptors (Lipinski definition) is 7. The van der Waals surface area contributed by atoms with Crippen LogP contribution in [0.3, 0.4) is 0 Å². The summed E-state index contributed by atoms with van der Waals surface area (Å²) in [6.07, 6.45) is 3.15. The van der Waals surface area contributed by atoms with Gasteiger partial charge in [-0.15, -0.1) is 0 Å². The molecule has 0 aliphatic carbocycles. The fourth-order valence-electron chi connectivity index (χ4n) is 1.86. The van der Waals surface area contributed by atoms with Gasteiger partial charge in [-0.2, -0.15) is 4.98 Å². The van der Waals surface area contributed by atoms with E-state index in [0.717, 1.165) is 5.56 Å². The zero-order valence-electron chi connectivity index (χ0n) is 12.8. The van der Waals surface area contributed by atoms with Crippen molar-refractivity contribution in [3.63, 3.8) is 0 Å². The molecule has 0 aliphatic heterocycles. The lowest BCUT2D eigenvalue weighted by molar-refractivity contribution is 0.0600. The van der Waals surface area contributed by atoms with Crippen molar-refractivity contribution in [2.24, 2.45) is 0 Å². The summed E-state index contributed by atoms with van der Waals surface area (Å²) in [6.45, 7) is 4.71. The van der Waals surface area contributed by atoms with Crippen LogP contribution in [0.1, 0.15) is 28.7 Å². The van der Waals surface area contributed by atoms with Crippen LogP contribution in [0, 0.1) is 6.92 Å². The van der Waals surface area contributed by atoms with E-state index >= 15 is 0 Å². The van der Waals surface area contributed by atoms with E-state index in [0.29, 0.717) is 36.2 Å². The molecule has 0 atom stereocenters. The van der Waals surface area contributed by atoms with E-state index in [1.807, 2.05) is 6.92 Å². The van der Waals surface area contributed by atoms with E-state index < -0.39 is 5.97 Å². The van der Waals surface area contributed by atoms with Gasteiger partial charge in [0.2, 0.25) is 5.88 Å². The highest BCUT2D eigenvalue weighted by atomic mass is 16.5. The van der Waals surface area contributed by atoms with Crippen molar-refractivity contribution in [3.8, 4) is 5.88 Å². The normalized spacial score (nSPS) is 10.1. The molecule has 0 unspecified atom stereocenters. The number of nitrogens with one attached hydrogen (secondary N) is 1. The van der Waals surface area contributed by atoms with Crippen LogP contribution in [0.4, 0.5) is 5.82 Å². The first kappa shape index (κ1) is 15.7. The van der Waals surface area contributed by atoms with E-state index in [9.17, 15) is 4.79 Å². The third-order valence-corrected chi connectivity index (χ3v) is 2.80. The van der Waals surface area contributed by atoms with Gasteiger partial charge < -0.3 is 14.8 Å². The number of carbonyl (C=O) groups is 1. The Morgan fingerprint density at radius 3 is 2.82 bits per heavy atom. The maximum Gasteiger partial charge on any atom is 0.339 e. The minimum Gasteiger partial charge on any atom is -0.478 e. The Bertz CT molecular complexity index is 661. The number of aryl methyl sites for hydroxylation is 1. The second-order valence-corrected chi connectivity index (χ2v) is 4.50. The number of rotatable bonds is 6. The number of carbonyl (C=O) groups excluding carboxylic acids is 1. The summed E-state index contributed by atoms with van der Waals surface area (Å²) < 4.78 is 10.1. The van der Waals surface area contributed by atoms with Gasteiger partial charge in [-0.25, -0.2) is 9.78 Å². The largest absolute Gasteiger partial charge is 0.478 e. The minimum absolute atomic E-state index is 0.411. The van der Waals surface area contributed by atoms with Crippen molar-refractivity contribution in [1.82, 2.24) is 15.0 Å². The molecule has 7 heteroatoms. The third-order valence-electron chi connectivity index (χ3n) is 2.80. The molecule has 1 N–H and O–H groups in total. The Morgan fingerprint density at radius 2 is 2.09 bits per heavy atom. The Morgan fingerprint density at radius 1 is 1.27 bits per heavy atom. The van der Waals surface area contributed by atoms with Crippen molar-refractivity contribution >= 4 is 11.8 Å². The van der Waals surface area contributed by atoms with Crippen LogP contribution < -0.4 is 10.1 Å². The maximum atomic E-state index is 11.5. The van der Waals surface area contributed by atoms with Gasteiger partial charge in [0.1, 0.15) is 11.6 Å². The topological polar surface area (TPSA) is 86.2 Å². The molecule has 0 saturated carbocycles. The van der Waals surface area contributed by atoms with Crippen LogP contribution in [-0.2, 0) is 11.3 Å². The third kappa shape index (κ3) is 4.15. The van der Waals surface area contributed by atoms with Crippen LogP contribution in [-0.4, -0.2) is 34.6 Å². The highest BCUT2D eigenvalue weighted by Gasteiger charge is 2.07. The SMILES string of the molecule is CCOc1cc(NCc2cncc(C(=O)OC)c2)nc(C)n1. The molecule has 0 bridgehead atoms. The fraction of sp³-hybridized carbons (Fsp3) is 0.333. The van der Waals surface area contributed by atoms with Crippen LogP contribution in [0.25, 0.3) is 0 Å². The quantitative estimate of drug-likeness (QED) is 0.816. The summed E-state index contributed by atoms with van der Waals surface area (Å²) in [5.74, 6) is 1.39. The van der Waals surface area contributed by atoms with E-state index in [4.69, 9.17) is 4.74 Å². The van der Waals surface area contributed by atoms with Gasteiger partial charge in [-0.05, 0) is 25.5 Å². The number of hydrogen-bond donors (Lipinski definition) is 1. The lowest BCUT2D eigenvalue weighted by Gasteiger charge is -2.09. The summed E-state index contributed by atoms with van der Waals surface area (Å²) in [5, 5.41) is 3.16. The van der Waals surface area contributed by atoms with E-state index in [1.54, 1.807) is 25.3 Å². The van der Waals surface area contributed by atoms with Crippen LogP contribution >= 0.6 is 0 Å². The van der Waals surface area contributed by atoms with Gasteiger partial charge >= 0.3 is 5.97 Å². The molecule has 7 nitrogen and oxygen atoms in total. The smallest absolute Gasteiger partial charge is 0.339 e. The summed E-state index contributed by atoms with van der Waals surface area (Å²) in [6, 6.07) is 3.46. The molecule has 0 fully saturated rings. The van der Waals surface area contributed by atoms with Gasteiger partial charge in [0.25, 0.3) is 0 Å². The molecule has 0 aliphatic rings. The molecular formula is C15H18N4O3. The number of ether oxygens (including phenoxy) is 2. The number of methoxy groups -OCH3 is 1. The van der Waals surface area contributed by atoms with Gasteiger partial charge in [0.15, 0.2) is 0 Å². The van der Waals surface area contributed by atoms with E-state index in [2.05, 4.69) is 25.0 Å². The number of nitrogens with zero attached hydrogens (tertiary/aromatic N) is 3. The van der Waals surface area contributed by atoms with Crippen molar-refractivity contribution < 1.29 is 14.3 Å². The first-order valence-corrected chi connectivity index (χ1v) is 6.87. The molecule has 2 aromatic heterocycles. The van der Waals surface area contributed by atoms with Crippen LogP contribution in [0.5, 0.6) is 5.88 Å². The van der Waals surface area contributed by atoms with E-state index in [-0.39, 0.29) is 0 Å². The van der Waals surface area contributed by atoms with Crippen molar-refractivity contribution in [2.45, 2.75) is 20.4 Å². The zero-order valence-corrected chi connectivity index (χ0v) is 12.8. The molecule has 0 aromatic carbocycles. The van der Waals surface area contributed by atoms with Gasteiger partial charge in [-0.1, -0.05) is 0 Å².